The van der Waals surface area contributed by atoms with Crippen molar-refractivity contribution in [2.75, 3.05) is 24.3 Å². The largest absolute Gasteiger partial charge is 0.381 e. The summed E-state index contributed by atoms with van der Waals surface area (Å²) in [6.45, 7) is 6.35. The van der Waals surface area contributed by atoms with Crippen LogP contribution in [0.4, 0.5) is 11.5 Å². The van der Waals surface area contributed by atoms with Crippen LogP contribution in [-0.2, 0) is 0 Å². The molecule has 0 saturated heterocycles. The number of anilines is 2. The molecule has 0 radical (unpaired) electrons. The van der Waals surface area contributed by atoms with Gasteiger partial charge in [-0.25, -0.2) is 4.98 Å². The van der Waals surface area contributed by atoms with Gasteiger partial charge in [0.1, 0.15) is 5.82 Å². The van der Waals surface area contributed by atoms with Crippen LogP contribution >= 0.6 is 0 Å². The highest BCUT2D eigenvalue weighted by Gasteiger charge is 2.12. The normalized spacial score (nSPS) is 11.0. The van der Waals surface area contributed by atoms with Crippen LogP contribution in [0.3, 0.4) is 0 Å². The summed E-state index contributed by atoms with van der Waals surface area (Å²) in [5.74, 6) is 1.03. The summed E-state index contributed by atoms with van der Waals surface area (Å²) in [4.78, 5) is 6.78. The molecule has 0 unspecified atom stereocenters. The van der Waals surface area contributed by atoms with E-state index in [4.69, 9.17) is 4.98 Å². The fraction of sp³-hybridized carbons (Fsp3) is 0.400. The Bertz CT molecular complexity index is 559. The van der Waals surface area contributed by atoms with E-state index in [1.54, 1.807) is 0 Å². The molecule has 2 aromatic rings. The van der Waals surface area contributed by atoms with Crippen molar-refractivity contribution in [3.63, 3.8) is 0 Å². The van der Waals surface area contributed by atoms with Gasteiger partial charge >= 0.3 is 0 Å². The van der Waals surface area contributed by atoms with Gasteiger partial charge in [0, 0.05) is 30.9 Å². The zero-order valence-electron chi connectivity index (χ0n) is 11.8. The third kappa shape index (κ3) is 2.26. The lowest BCUT2D eigenvalue weighted by Gasteiger charge is -2.20. The Kier molecular flexibility index (Phi) is 3.41. The van der Waals surface area contributed by atoms with Crippen molar-refractivity contribution < 1.29 is 0 Å². The van der Waals surface area contributed by atoms with Gasteiger partial charge in [0.15, 0.2) is 0 Å². The van der Waals surface area contributed by atoms with E-state index in [-0.39, 0.29) is 0 Å². The van der Waals surface area contributed by atoms with E-state index in [0.29, 0.717) is 6.04 Å². The zero-order valence-corrected chi connectivity index (χ0v) is 11.8. The number of rotatable bonds is 3. The van der Waals surface area contributed by atoms with Gasteiger partial charge in [0.05, 0.1) is 11.4 Å². The standard InChI is InChI=1S/C15H21N3/c1-10(2)16-14-11(3)17-15(18(4)5)13-9-7-6-8-12(13)14/h6-10,16H,1-5H3. The van der Waals surface area contributed by atoms with E-state index >= 15 is 0 Å². The third-order valence-corrected chi connectivity index (χ3v) is 2.93. The smallest absolute Gasteiger partial charge is 0.136 e. The molecule has 2 rings (SSSR count). The van der Waals surface area contributed by atoms with Crippen molar-refractivity contribution in [1.29, 1.82) is 0 Å². The number of fused-ring (bicyclic) bond motifs is 1. The Hall–Kier alpha value is -1.77. The molecule has 0 aliphatic rings. The number of pyridine rings is 1. The number of aryl methyl sites for hydroxylation is 1. The molecule has 18 heavy (non-hydrogen) atoms. The van der Waals surface area contributed by atoms with Gasteiger partial charge in [0.25, 0.3) is 0 Å². The number of aromatic nitrogens is 1. The SMILES string of the molecule is Cc1nc(N(C)C)c2ccccc2c1NC(C)C. The lowest BCUT2D eigenvalue weighted by molar-refractivity contribution is 0.895. The lowest BCUT2D eigenvalue weighted by atomic mass is 10.1. The summed E-state index contributed by atoms with van der Waals surface area (Å²) in [5, 5.41) is 5.93. The van der Waals surface area contributed by atoms with E-state index in [1.165, 1.54) is 10.8 Å². The molecule has 1 aromatic carbocycles. The first-order valence-electron chi connectivity index (χ1n) is 6.34. The average Bonchev–Trinajstić information content (AvgIpc) is 2.31. The quantitative estimate of drug-likeness (QED) is 0.895. The summed E-state index contributed by atoms with van der Waals surface area (Å²) in [6, 6.07) is 8.82. The maximum absolute atomic E-state index is 4.72. The van der Waals surface area contributed by atoms with Gasteiger partial charge in [-0.15, -0.1) is 0 Å². The summed E-state index contributed by atoms with van der Waals surface area (Å²) >= 11 is 0. The molecule has 0 fully saturated rings. The maximum atomic E-state index is 4.72. The monoisotopic (exact) mass is 243 g/mol. The Labute approximate surface area is 109 Å². The maximum Gasteiger partial charge on any atom is 0.136 e. The molecular weight excluding hydrogens is 222 g/mol. The average molecular weight is 243 g/mol. The van der Waals surface area contributed by atoms with Gasteiger partial charge in [0.2, 0.25) is 0 Å². The van der Waals surface area contributed by atoms with Crippen LogP contribution in [0.2, 0.25) is 0 Å². The second-order valence-corrected chi connectivity index (χ2v) is 5.13. The predicted molar refractivity (Wildman–Crippen MR) is 79.6 cm³/mol. The van der Waals surface area contributed by atoms with Crippen molar-refractivity contribution in [2.45, 2.75) is 26.8 Å². The second-order valence-electron chi connectivity index (χ2n) is 5.13. The highest BCUT2D eigenvalue weighted by Crippen LogP contribution is 2.32. The van der Waals surface area contributed by atoms with E-state index in [1.807, 2.05) is 14.1 Å². The molecule has 1 aromatic heterocycles. The minimum atomic E-state index is 0.402. The number of benzene rings is 1. The van der Waals surface area contributed by atoms with Gasteiger partial charge in [-0.3, -0.25) is 0 Å². The molecule has 0 saturated carbocycles. The summed E-state index contributed by atoms with van der Waals surface area (Å²) < 4.78 is 0. The van der Waals surface area contributed by atoms with Crippen LogP contribution in [0.15, 0.2) is 24.3 Å². The Morgan fingerprint density at radius 1 is 1.11 bits per heavy atom. The number of hydrogen-bond donors (Lipinski definition) is 1. The van der Waals surface area contributed by atoms with Crippen molar-refractivity contribution in [3.8, 4) is 0 Å². The molecule has 0 amide bonds. The molecule has 0 spiro atoms. The molecule has 1 heterocycles. The molecule has 0 atom stereocenters. The minimum Gasteiger partial charge on any atom is -0.381 e. The molecule has 3 nitrogen and oxygen atoms in total. The highest BCUT2D eigenvalue weighted by atomic mass is 15.1. The predicted octanol–water partition coefficient (Wildman–Crippen LogP) is 3.43. The second kappa shape index (κ2) is 4.84. The van der Waals surface area contributed by atoms with Gasteiger partial charge < -0.3 is 10.2 Å². The number of nitrogens with zero attached hydrogens (tertiary/aromatic N) is 2. The van der Waals surface area contributed by atoms with Crippen LogP contribution < -0.4 is 10.2 Å². The first-order valence-corrected chi connectivity index (χ1v) is 6.34. The number of hydrogen-bond acceptors (Lipinski definition) is 3. The lowest BCUT2D eigenvalue weighted by Crippen LogP contribution is -2.15. The van der Waals surface area contributed by atoms with Crippen molar-refractivity contribution in [3.05, 3.63) is 30.0 Å². The molecular formula is C15H21N3. The van der Waals surface area contributed by atoms with Gasteiger partial charge in [-0.2, -0.15) is 0 Å². The molecule has 3 heteroatoms. The highest BCUT2D eigenvalue weighted by molar-refractivity contribution is 6.01. The van der Waals surface area contributed by atoms with E-state index in [0.717, 1.165) is 17.2 Å². The van der Waals surface area contributed by atoms with Crippen molar-refractivity contribution >= 4 is 22.3 Å². The zero-order chi connectivity index (χ0) is 13.3. The summed E-state index contributed by atoms with van der Waals surface area (Å²) in [6.07, 6.45) is 0. The topological polar surface area (TPSA) is 28.2 Å². The molecule has 0 aliphatic heterocycles. The third-order valence-electron chi connectivity index (χ3n) is 2.93. The van der Waals surface area contributed by atoms with Crippen LogP contribution in [-0.4, -0.2) is 25.1 Å². The van der Waals surface area contributed by atoms with Crippen LogP contribution in [0.5, 0.6) is 0 Å². The molecule has 96 valence electrons. The first kappa shape index (κ1) is 12.7. The Morgan fingerprint density at radius 3 is 2.28 bits per heavy atom. The Morgan fingerprint density at radius 2 is 1.72 bits per heavy atom. The van der Waals surface area contributed by atoms with Crippen molar-refractivity contribution in [2.24, 2.45) is 0 Å². The van der Waals surface area contributed by atoms with Gasteiger partial charge in [-0.05, 0) is 20.8 Å². The number of nitrogens with one attached hydrogen (secondary N) is 1. The van der Waals surface area contributed by atoms with Crippen LogP contribution in [0, 0.1) is 6.92 Å². The fourth-order valence-electron chi connectivity index (χ4n) is 2.18. The summed E-state index contributed by atoms with van der Waals surface area (Å²) in [7, 11) is 4.06. The van der Waals surface area contributed by atoms with Gasteiger partial charge in [-0.1, -0.05) is 24.3 Å². The first-order chi connectivity index (χ1) is 8.50. The molecule has 0 aliphatic carbocycles. The minimum absolute atomic E-state index is 0.402. The van der Waals surface area contributed by atoms with E-state index in [9.17, 15) is 0 Å². The van der Waals surface area contributed by atoms with Crippen LogP contribution in [0.1, 0.15) is 19.5 Å². The Balaban J connectivity index is 2.73. The van der Waals surface area contributed by atoms with E-state index < -0.39 is 0 Å². The van der Waals surface area contributed by atoms with Crippen LogP contribution in [0.25, 0.3) is 10.8 Å². The van der Waals surface area contributed by atoms with Crippen molar-refractivity contribution in [1.82, 2.24) is 4.98 Å². The molecule has 1 N–H and O–H groups in total. The molecule has 0 bridgehead atoms. The fourth-order valence-corrected chi connectivity index (χ4v) is 2.18. The van der Waals surface area contributed by atoms with E-state index in [2.05, 4.69) is 55.3 Å². The summed E-state index contributed by atoms with van der Waals surface area (Å²) in [5.41, 5.74) is 2.19.